The van der Waals surface area contributed by atoms with Crippen LogP contribution in [0.3, 0.4) is 0 Å². The highest BCUT2D eigenvalue weighted by atomic mass is 35.5. The number of carbonyl (C=O) groups is 1. The molecule has 0 fully saturated rings. The zero-order valence-electron chi connectivity index (χ0n) is 11.6. The standard InChI is InChI=1S/C15H9Cl2N5O/c16-11-3-1-2-10(14(11)17)12(6-18)20-15(23)9-4-5-13-21-19-8-22(13)7-9/h1-5,7-8,12H,(H,20,23)/t12-/m1/s1. The molecule has 0 aliphatic carbocycles. The number of pyridine rings is 1. The van der Waals surface area contributed by atoms with E-state index in [2.05, 4.69) is 15.5 Å². The maximum Gasteiger partial charge on any atom is 0.254 e. The molecule has 6 nitrogen and oxygen atoms in total. The van der Waals surface area contributed by atoms with Gasteiger partial charge in [0.1, 0.15) is 12.4 Å². The smallest absolute Gasteiger partial charge is 0.254 e. The predicted octanol–water partition coefficient (Wildman–Crippen LogP) is 3.03. The Hall–Kier alpha value is -2.62. The molecular weight excluding hydrogens is 337 g/mol. The van der Waals surface area contributed by atoms with Crippen LogP contribution in [-0.4, -0.2) is 20.5 Å². The summed E-state index contributed by atoms with van der Waals surface area (Å²) < 4.78 is 1.61. The number of nitriles is 1. The first-order valence-electron chi connectivity index (χ1n) is 6.54. The highest BCUT2D eigenvalue weighted by Crippen LogP contribution is 2.29. The fourth-order valence-electron chi connectivity index (χ4n) is 2.10. The SMILES string of the molecule is N#C[C@@H](NC(=O)c1ccc2nncn2c1)c1cccc(Cl)c1Cl. The van der Waals surface area contributed by atoms with Gasteiger partial charge in [0, 0.05) is 11.8 Å². The van der Waals surface area contributed by atoms with E-state index in [0.717, 1.165) is 0 Å². The van der Waals surface area contributed by atoms with Crippen molar-refractivity contribution in [3.05, 3.63) is 64.0 Å². The topological polar surface area (TPSA) is 83.1 Å². The number of aromatic nitrogens is 3. The average Bonchev–Trinajstić information content (AvgIpc) is 3.03. The summed E-state index contributed by atoms with van der Waals surface area (Å²) in [5.41, 5.74) is 1.44. The van der Waals surface area contributed by atoms with E-state index in [4.69, 9.17) is 23.2 Å². The number of nitrogens with one attached hydrogen (secondary N) is 1. The van der Waals surface area contributed by atoms with Crippen molar-refractivity contribution >= 4 is 34.8 Å². The zero-order valence-corrected chi connectivity index (χ0v) is 13.1. The van der Waals surface area contributed by atoms with Crippen LogP contribution < -0.4 is 5.32 Å². The van der Waals surface area contributed by atoms with Crippen molar-refractivity contribution in [2.75, 3.05) is 0 Å². The Kier molecular flexibility index (Phi) is 4.15. The molecule has 0 aliphatic rings. The van der Waals surface area contributed by atoms with Gasteiger partial charge in [0.05, 0.1) is 21.7 Å². The van der Waals surface area contributed by atoms with Gasteiger partial charge in [0.25, 0.3) is 5.91 Å². The zero-order chi connectivity index (χ0) is 16.4. The largest absolute Gasteiger partial charge is 0.332 e. The molecule has 1 amide bonds. The number of benzene rings is 1. The van der Waals surface area contributed by atoms with Crippen molar-refractivity contribution in [3.8, 4) is 6.07 Å². The van der Waals surface area contributed by atoms with Crippen molar-refractivity contribution < 1.29 is 4.79 Å². The normalized spacial score (nSPS) is 11.9. The molecule has 0 bridgehead atoms. The third-order valence-electron chi connectivity index (χ3n) is 3.25. The fraction of sp³-hybridized carbons (Fsp3) is 0.0667. The molecule has 1 aromatic carbocycles. The lowest BCUT2D eigenvalue weighted by molar-refractivity contribution is 0.0944. The van der Waals surface area contributed by atoms with E-state index >= 15 is 0 Å². The number of carbonyl (C=O) groups excluding carboxylic acids is 1. The summed E-state index contributed by atoms with van der Waals surface area (Å²) in [5.74, 6) is -0.414. The van der Waals surface area contributed by atoms with Gasteiger partial charge in [-0.2, -0.15) is 5.26 Å². The van der Waals surface area contributed by atoms with Gasteiger partial charge in [-0.25, -0.2) is 0 Å². The summed E-state index contributed by atoms with van der Waals surface area (Å²) in [6, 6.07) is 9.30. The molecule has 0 aliphatic heterocycles. The van der Waals surface area contributed by atoms with E-state index in [1.165, 1.54) is 6.33 Å². The van der Waals surface area contributed by atoms with Gasteiger partial charge >= 0.3 is 0 Å². The maximum absolute atomic E-state index is 12.4. The number of rotatable bonds is 3. The Labute approximate surface area is 141 Å². The molecule has 0 unspecified atom stereocenters. The lowest BCUT2D eigenvalue weighted by Crippen LogP contribution is -2.28. The quantitative estimate of drug-likeness (QED) is 0.790. The van der Waals surface area contributed by atoms with E-state index in [0.29, 0.717) is 21.8 Å². The van der Waals surface area contributed by atoms with E-state index in [9.17, 15) is 10.1 Å². The van der Waals surface area contributed by atoms with Crippen molar-refractivity contribution in [2.45, 2.75) is 6.04 Å². The van der Waals surface area contributed by atoms with Crippen LogP contribution in [-0.2, 0) is 0 Å². The van der Waals surface area contributed by atoms with Gasteiger partial charge in [-0.1, -0.05) is 35.3 Å². The molecule has 3 aromatic rings. The van der Waals surface area contributed by atoms with Crippen LogP contribution in [0.5, 0.6) is 0 Å². The minimum absolute atomic E-state index is 0.246. The minimum atomic E-state index is -0.912. The Bertz CT molecular complexity index is 931. The Morgan fingerprint density at radius 1 is 1.30 bits per heavy atom. The molecule has 0 saturated heterocycles. The van der Waals surface area contributed by atoms with Crippen LogP contribution in [0.2, 0.25) is 10.0 Å². The van der Waals surface area contributed by atoms with Gasteiger partial charge in [-0.05, 0) is 18.2 Å². The molecule has 1 N–H and O–H groups in total. The van der Waals surface area contributed by atoms with E-state index in [-0.39, 0.29) is 5.02 Å². The first-order chi connectivity index (χ1) is 11.1. The van der Waals surface area contributed by atoms with E-state index in [1.54, 1.807) is 40.9 Å². The van der Waals surface area contributed by atoms with Crippen molar-refractivity contribution in [2.24, 2.45) is 0 Å². The van der Waals surface area contributed by atoms with E-state index in [1.807, 2.05) is 6.07 Å². The predicted molar refractivity (Wildman–Crippen MR) is 85.3 cm³/mol. The van der Waals surface area contributed by atoms with Gasteiger partial charge < -0.3 is 5.32 Å². The fourth-order valence-corrected chi connectivity index (χ4v) is 2.52. The number of fused-ring (bicyclic) bond motifs is 1. The van der Waals surface area contributed by atoms with Crippen LogP contribution in [0.25, 0.3) is 5.65 Å². The van der Waals surface area contributed by atoms with Crippen LogP contribution in [0.15, 0.2) is 42.9 Å². The third kappa shape index (κ3) is 2.97. The number of hydrogen-bond acceptors (Lipinski definition) is 4. The number of halogens is 2. The Morgan fingerprint density at radius 3 is 2.91 bits per heavy atom. The van der Waals surface area contributed by atoms with Crippen LogP contribution >= 0.6 is 23.2 Å². The van der Waals surface area contributed by atoms with Gasteiger partial charge in [-0.3, -0.25) is 9.20 Å². The lowest BCUT2D eigenvalue weighted by Gasteiger charge is -2.14. The Morgan fingerprint density at radius 2 is 2.13 bits per heavy atom. The summed E-state index contributed by atoms with van der Waals surface area (Å²) in [4.78, 5) is 12.4. The van der Waals surface area contributed by atoms with Gasteiger partial charge in [-0.15, -0.1) is 10.2 Å². The van der Waals surface area contributed by atoms with Crippen molar-refractivity contribution in [1.29, 1.82) is 5.26 Å². The summed E-state index contributed by atoms with van der Waals surface area (Å²) in [6.07, 6.45) is 3.07. The maximum atomic E-state index is 12.4. The monoisotopic (exact) mass is 345 g/mol. The second-order valence-corrected chi connectivity index (χ2v) is 5.48. The molecule has 0 radical (unpaired) electrons. The average molecular weight is 346 g/mol. The van der Waals surface area contributed by atoms with Gasteiger partial charge in [0.2, 0.25) is 0 Å². The summed E-state index contributed by atoms with van der Waals surface area (Å²) in [7, 11) is 0. The molecule has 0 saturated carbocycles. The number of hydrogen-bond donors (Lipinski definition) is 1. The van der Waals surface area contributed by atoms with Gasteiger partial charge in [0.15, 0.2) is 5.65 Å². The molecule has 1 atom stereocenters. The molecule has 2 aromatic heterocycles. The van der Waals surface area contributed by atoms with Crippen LogP contribution in [0.4, 0.5) is 0 Å². The highest BCUT2D eigenvalue weighted by molar-refractivity contribution is 6.42. The minimum Gasteiger partial charge on any atom is -0.332 e. The Balaban J connectivity index is 1.88. The second kappa shape index (κ2) is 6.24. The first-order valence-corrected chi connectivity index (χ1v) is 7.29. The number of amides is 1. The summed E-state index contributed by atoms with van der Waals surface area (Å²) in [5, 5.41) is 20.1. The first kappa shape index (κ1) is 15.3. The molecule has 0 spiro atoms. The molecular formula is C15H9Cl2N5O. The summed E-state index contributed by atoms with van der Waals surface area (Å²) in [6.45, 7) is 0. The lowest BCUT2D eigenvalue weighted by atomic mass is 10.1. The van der Waals surface area contributed by atoms with E-state index < -0.39 is 11.9 Å². The highest BCUT2D eigenvalue weighted by Gasteiger charge is 2.19. The second-order valence-electron chi connectivity index (χ2n) is 4.69. The third-order valence-corrected chi connectivity index (χ3v) is 4.08. The van der Waals surface area contributed by atoms with Crippen LogP contribution in [0, 0.1) is 11.3 Å². The molecule has 3 rings (SSSR count). The summed E-state index contributed by atoms with van der Waals surface area (Å²) >= 11 is 12.1. The van der Waals surface area contributed by atoms with Crippen molar-refractivity contribution in [3.63, 3.8) is 0 Å². The number of nitrogens with zero attached hydrogens (tertiary/aromatic N) is 4. The molecule has 2 heterocycles. The van der Waals surface area contributed by atoms with Crippen molar-refractivity contribution in [1.82, 2.24) is 19.9 Å². The van der Waals surface area contributed by atoms with Crippen LogP contribution in [0.1, 0.15) is 22.0 Å². The molecule has 23 heavy (non-hydrogen) atoms. The molecule has 114 valence electrons. The molecule has 8 heteroatoms.